The van der Waals surface area contributed by atoms with Crippen LogP contribution in [0.3, 0.4) is 0 Å². The van der Waals surface area contributed by atoms with Crippen molar-refractivity contribution < 1.29 is 23.1 Å². The van der Waals surface area contributed by atoms with Gasteiger partial charge >= 0.3 is 5.97 Å². The fourth-order valence-corrected chi connectivity index (χ4v) is 3.69. The molecule has 0 bridgehead atoms. The third-order valence-corrected chi connectivity index (χ3v) is 5.10. The average molecular weight is 382 g/mol. The van der Waals surface area contributed by atoms with E-state index in [0.29, 0.717) is 15.8 Å². The Balaban J connectivity index is 1.62. The Kier molecular flexibility index (Phi) is 5.06. The molecule has 1 amide bonds. The van der Waals surface area contributed by atoms with Crippen molar-refractivity contribution in [3.8, 4) is 0 Å². The van der Waals surface area contributed by atoms with Crippen LogP contribution < -0.4 is 5.32 Å². The number of hydrogen-bond acceptors (Lipinski definition) is 5. The highest BCUT2D eigenvalue weighted by molar-refractivity contribution is 7.21. The van der Waals surface area contributed by atoms with Gasteiger partial charge in [-0.2, -0.15) is 0 Å². The number of halogens is 2. The predicted molar refractivity (Wildman–Crippen MR) is 92.3 cm³/mol. The molecule has 2 heterocycles. The molecular formula is C17H13ClFNO4S. The van der Waals surface area contributed by atoms with Crippen molar-refractivity contribution in [1.29, 1.82) is 0 Å². The predicted octanol–water partition coefficient (Wildman–Crippen LogP) is 4.32. The summed E-state index contributed by atoms with van der Waals surface area (Å²) in [5.74, 6) is -1.03. The topological polar surface area (TPSA) is 68.5 Å². The van der Waals surface area contributed by atoms with Crippen molar-refractivity contribution in [3.05, 3.63) is 58.1 Å². The average Bonchev–Trinajstić information content (AvgIpc) is 3.21. The van der Waals surface area contributed by atoms with Crippen molar-refractivity contribution in [1.82, 2.24) is 5.32 Å². The van der Waals surface area contributed by atoms with E-state index in [2.05, 4.69) is 5.32 Å². The van der Waals surface area contributed by atoms with Crippen LogP contribution in [0, 0.1) is 5.82 Å². The number of furan rings is 1. The third kappa shape index (κ3) is 3.83. The summed E-state index contributed by atoms with van der Waals surface area (Å²) in [5.41, 5.74) is 0. The molecule has 0 unspecified atom stereocenters. The van der Waals surface area contributed by atoms with Gasteiger partial charge in [0.05, 0.1) is 17.3 Å². The number of hydrogen-bond donors (Lipinski definition) is 1. The zero-order chi connectivity index (χ0) is 18.0. The summed E-state index contributed by atoms with van der Waals surface area (Å²) < 4.78 is 24.0. The lowest BCUT2D eigenvalue weighted by atomic mass is 10.2. The first-order chi connectivity index (χ1) is 12.0. The molecule has 1 N–H and O–H groups in total. The molecule has 0 aliphatic rings. The second kappa shape index (κ2) is 7.25. The zero-order valence-electron chi connectivity index (χ0n) is 13.0. The molecule has 3 aromatic rings. The maximum atomic E-state index is 13.3. The lowest BCUT2D eigenvalue weighted by Crippen LogP contribution is -2.30. The summed E-state index contributed by atoms with van der Waals surface area (Å²) in [6.07, 6.45) is 1.50. The van der Waals surface area contributed by atoms with Crippen LogP contribution in [0.5, 0.6) is 0 Å². The van der Waals surface area contributed by atoms with Gasteiger partial charge in [0, 0.05) is 10.1 Å². The van der Waals surface area contributed by atoms with E-state index >= 15 is 0 Å². The minimum absolute atomic E-state index is 0.133. The van der Waals surface area contributed by atoms with Crippen LogP contribution in [-0.4, -0.2) is 18.5 Å². The molecule has 0 saturated heterocycles. The van der Waals surface area contributed by atoms with E-state index in [1.54, 1.807) is 19.1 Å². The number of fused-ring (bicyclic) bond motifs is 1. The molecule has 0 radical (unpaired) electrons. The second-order valence-electron chi connectivity index (χ2n) is 5.27. The number of carbonyl (C=O) groups is 2. The van der Waals surface area contributed by atoms with Crippen molar-refractivity contribution in [2.24, 2.45) is 0 Å². The Hall–Kier alpha value is -2.38. The van der Waals surface area contributed by atoms with Crippen LogP contribution in [0.4, 0.5) is 4.39 Å². The number of benzene rings is 1. The van der Waals surface area contributed by atoms with Gasteiger partial charge in [0.1, 0.15) is 16.5 Å². The molecule has 1 aromatic carbocycles. The smallest absolute Gasteiger partial charge is 0.350 e. The van der Waals surface area contributed by atoms with Gasteiger partial charge in [-0.05, 0) is 37.3 Å². The minimum Gasteiger partial charge on any atom is -0.467 e. The van der Waals surface area contributed by atoms with Gasteiger partial charge in [0.2, 0.25) is 0 Å². The van der Waals surface area contributed by atoms with Crippen LogP contribution >= 0.6 is 22.9 Å². The molecule has 0 spiro atoms. The largest absolute Gasteiger partial charge is 0.467 e. The van der Waals surface area contributed by atoms with Gasteiger partial charge in [0.15, 0.2) is 6.61 Å². The molecular weight excluding hydrogens is 369 g/mol. The van der Waals surface area contributed by atoms with Crippen molar-refractivity contribution in [2.45, 2.75) is 13.0 Å². The van der Waals surface area contributed by atoms with Gasteiger partial charge in [-0.15, -0.1) is 11.3 Å². The SMILES string of the molecule is C[C@H](NC(=O)COC(=O)c1sc2cc(F)ccc2c1Cl)c1ccco1. The Morgan fingerprint density at radius 1 is 1.40 bits per heavy atom. The molecule has 3 rings (SSSR count). The first-order valence-electron chi connectivity index (χ1n) is 7.33. The molecule has 130 valence electrons. The van der Waals surface area contributed by atoms with Gasteiger partial charge in [-0.1, -0.05) is 11.6 Å². The number of ether oxygens (including phenoxy) is 1. The normalized spacial score (nSPS) is 12.1. The van der Waals surface area contributed by atoms with Crippen LogP contribution in [0.25, 0.3) is 10.1 Å². The summed E-state index contributed by atoms with van der Waals surface area (Å²) in [5, 5.41) is 3.40. The van der Waals surface area contributed by atoms with E-state index in [9.17, 15) is 14.0 Å². The summed E-state index contributed by atoms with van der Waals surface area (Å²) in [7, 11) is 0. The van der Waals surface area contributed by atoms with Gasteiger partial charge in [-0.3, -0.25) is 4.79 Å². The maximum absolute atomic E-state index is 13.3. The number of esters is 1. The third-order valence-electron chi connectivity index (χ3n) is 3.46. The molecule has 5 nitrogen and oxygen atoms in total. The Labute approximate surface area is 151 Å². The summed E-state index contributed by atoms with van der Waals surface area (Å²) >= 11 is 7.16. The van der Waals surface area contributed by atoms with Gasteiger partial charge in [0.25, 0.3) is 5.91 Å². The Morgan fingerprint density at radius 2 is 2.20 bits per heavy atom. The first kappa shape index (κ1) is 17.4. The number of thiophene rings is 1. The summed E-state index contributed by atoms with van der Waals surface area (Å²) in [6.45, 7) is 1.29. The lowest BCUT2D eigenvalue weighted by molar-refractivity contribution is -0.125. The maximum Gasteiger partial charge on any atom is 0.350 e. The first-order valence-corrected chi connectivity index (χ1v) is 8.52. The zero-order valence-corrected chi connectivity index (χ0v) is 14.6. The number of carbonyl (C=O) groups excluding carboxylic acids is 2. The van der Waals surface area contributed by atoms with Crippen LogP contribution in [-0.2, 0) is 9.53 Å². The molecule has 0 saturated carbocycles. The van der Waals surface area contributed by atoms with E-state index in [-0.39, 0.29) is 15.9 Å². The highest BCUT2D eigenvalue weighted by atomic mass is 35.5. The highest BCUT2D eigenvalue weighted by Gasteiger charge is 2.20. The van der Waals surface area contributed by atoms with Crippen molar-refractivity contribution in [2.75, 3.05) is 6.61 Å². The number of nitrogens with one attached hydrogen (secondary N) is 1. The standard InChI is InChI=1S/C17H13ClFNO4S/c1-9(12-3-2-6-23-12)20-14(21)8-24-17(22)16-15(18)11-5-4-10(19)7-13(11)25-16/h2-7,9H,8H2,1H3,(H,20,21)/t9-/m0/s1. The number of amides is 1. The van der Waals surface area contributed by atoms with Gasteiger partial charge in [-0.25, -0.2) is 9.18 Å². The molecule has 0 aliphatic carbocycles. The molecule has 0 fully saturated rings. The summed E-state index contributed by atoms with van der Waals surface area (Å²) in [4.78, 5) is 24.2. The molecule has 2 aromatic heterocycles. The lowest BCUT2D eigenvalue weighted by Gasteiger charge is -2.11. The fourth-order valence-electron chi connectivity index (χ4n) is 2.26. The van der Waals surface area contributed by atoms with E-state index in [1.807, 2.05) is 0 Å². The van der Waals surface area contributed by atoms with Gasteiger partial charge < -0.3 is 14.5 Å². The highest BCUT2D eigenvalue weighted by Crippen LogP contribution is 2.36. The molecule has 1 atom stereocenters. The van der Waals surface area contributed by atoms with E-state index in [0.717, 1.165) is 11.3 Å². The Morgan fingerprint density at radius 3 is 2.92 bits per heavy atom. The van der Waals surface area contributed by atoms with E-state index < -0.39 is 24.3 Å². The molecule has 0 aliphatic heterocycles. The van der Waals surface area contributed by atoms with Crippen LogP contribution in [0.1, 0.15) is 28.4 Å². The second-order valence-corrected chi connectivity index (χ2v) is 6.70. The van der Waals surface area contributed by atoms with E-state index in [1.165, 1.54) is 24.5 Å². The molecule has 8 heteroatoms. The monoisotopic (exact) mass is 381 g/mol. The van der Waals surface area contributed by atoms with Crippen LogP contribution in [0.15, 0.2) is 41.0 Å². The van der Waals surface area contributed by atoms with E-state index in [4.69, 9.17) is 20.8 Å². The minimum atomic E-state index is -0.729. The quantitative estimate of drug-likeness (QED) is 0.668. The number of rotatable bonds is 5. The molecule has 25 heavy (non-hydrogen) atoms. The Bertz CT molecular complexity index is 922. The summed E-state index contributed by atoms with van der Waals surface area (Å²) in [6, 6.07) is 7.15. The van der Waals surface area contributed by atoms with Crippen molar-refractivity contribution in [3.63, 3.8) is 0 Å². The fraction of sp³-hybridized carbons (Fsp3) is 0.176. The van der Waals surface area contributed by atoms with Crippen molar-refractivity contribution >= 4 is 44.9 Å². The van der Waals surface area contributed by atoms with Crippen LogP contribution in [0.2, 0.25) is 5.02 Å².